The third kappa shape index (κ3) is 5.63. The number of rotatable bonds is 8. The fraction of sp³-hybridized carbons (Fsp3) is 0.312. The highest BCUT2D eigenvalue weighted by Crippen LogP contribution is 2.31. The zero-order chi connectivity index (χ0) is 15.8. The molecule has 0 bridgehead atoms. The summed E-state index contributed by atoms with van der Waals surface area (Å²) >= 11 is 3.42. The van der Waals surface area contributed by atoms with Crippen molar-refractivity contribution in [3.05, 3.63) is 63.1 Å². The van der Waals surface area contributed by atoms with E-state index in [-0.39, 0.29) is 17.3 Å². The van der Waals surface area contributed by atoms with Crippen LogP contribution in [0.25, 0.3) is 6.08 Å². The Bertz CT molecular complexity index is 540. The van der Waals surface area contributed by atoms with E-state index in [2.05, 4.69) is 22.5 Å². The van der Waals surface area contributed by atoms with E-state index >= 15 is 0 Å². The maximum Gasteiger partial charge on any atom is 0.211 e. The van der Waals surface area contributed by atoms with E-state index in [1.165, 1.54) is 6.92 Å². The summed E-state index contributed by atoms with van der Waals surface area (Å²) in [6, 6.07) is 9.49. The summed E-state index contributed by atoms with van der Waals surface area (Å²) < 4.78 is 0.660. The van der Waals surface area contributed by atoms with Crippen molar-refractivity contribution < 1.29 is 9.72 Å². The van der Waals surface area contributed by atoms with Crippen LogP contribution < -0.4 is 0 Å². The molecule has 4 nitrogen and oxygen atoms in total. The summed E-state index contributed by atoms with van der Waals surface area (Å²) in [5, 5.41) is 10.9. The lowest BCUT2D eigenvalue weighted by molar-refractivity contribution is -0.487. The third-order valence-electron chi connectivity index (χ3n) is 3.23. The van der Waals surface area contributed by atoms with E-state index in [0.29, 0.717) is 10.9 Å². The Morgan fingerprint density at radius 3 is 2.48 bits per heavy atom. The molecule has 112 valence electrons. The van der Waals surface area contributed by atoms with E-state index in [4.69, 9.17) is 0 Å². The van der Waals surface area contributed by atoms with Gasteiger partial charge in [-0.15, -0.1) is 6.58 Å². The first kappa shape index (κ1) is 17.3. The van der Waals surface area contributed by atoms with Crippen LogP contribution in [0, 0.1) is 22.0 Å². The number of benzene rings is 1. The molecule has 0 aliphatic carbocycles. The molecular formula is C16H18BrNO3. The molecule has 21 heavy (non-hydrogen) atoms. The molecule has 0 radical (unpaired) electrons. The molecule has 0 spiro atoms. The Balaban J connectivity index is 3.10. The molecule has 0 aliphatic heterocycles. The van der Waals surface area contributed by atoms with Gasteiger partial charge in [0.25, 0.3) is 0 Å². The van der Waals surface area contributed by atoms with Crippen molar-refractivity contribution in [1.29, 1.82) is 0 Å². The largest absolute Gasteiger partial charge is 0.300 e. The van der Waals surface area contributed by atoms with Gasteiger partial charge in [0.05, 0.1) is 5.92 Å². The molecule has 0 amide bonds. The number of nitrogens with zero attached hydrogens (tertiary/aromatic N) is 1. The molecule has 1 rings (SSSR count). The Kier molecular flexibility index (Phi) is 7.02. The van der Waals surface area contributed by atoms with Gasteiger partial charge in [-0.3, -0.25) is 14.9 Å². The van der Waals surface area contributed by atoms with Crippen molar-refractivity contribution in [2.45, 2.75) is 13.3 Å². The van der Waals surface area contributed by atoms with Crippen molar-refractivity contribution in [3.8, 4) is 0 Å². The number of Topliss-reactive ketones (excluding diaryl/α,β-unsaturated/α-hetero) is 1. The molecular weight excluding hydrogens is 334 g/mol. The zero-order valence-corrected chi connectivity index (χ0v) is 13.5. The number of hydrogen-bond donors (Lipinski definition) is 0. The van der Waals surface area contributed by atoms with Crippen LogP contribution in [0.2, 0.25) is 0 Å². The summed E-state index contributed by atoms with van der Waals surface area (Å²) in [6.45, 7) is 4.80. The van der Waals surface area contributed by atoms with E-state index < -0.39 is 11.8 Å². The summed E-state index contributed by atoms with van der Waals surface area (Å²) in [5.74, 6) is -1.00. The fourth-order valence-electron chi connectivity index (χ4n) is 2.18. The van der Waals surface area contributed by atoms with Gasteiger partial charge in [0.15, 0.2) is 0 Å². The van der Waals surface area contributed by atoms with Gasteiger partial charge in [-0.1, -0.05) is 52.3 Å². The number of allylic oxidation sites excluding steroid dienone is 1. The molecule has 0 fully saturated rings. The number of nitro groups is 1. The Morgan fingerprint density at radius 1 is 1.38 bits per heavy atom. The third-order valence-corrected chi connectivity index (χ3v) is 4.05. The number of ketones is 1. The molecule has 0 unspecified atom stereocenters. The first-order chi connectivity index (χ1) is 9.95. The molecule has 1 aromatic rings. The van der Waals surface area contributed by atoms with Gasteiger partial charge in [0.2, 0.25) is 6.54 Å². The second-order valence-electron chi connectivity index (χ2n) is 4.80. The van der Waals surface area contributed by atoms with Crippen molar-refractivity contribution in [3.63, 3.8) is 0 Å². The molecule has 0 aliphatic rings. The number of halogens is 1. The van der Waals surface area contributed by atoms with Crippen molar-refractivity contribution in [1.82, 2.24) is 0 Å². The van der Waals surface area contributed by atoms with Crippen LogP contribution in [0.4, 0.5) is 0 Å². The Labute approximate surface area is 132 Å². The van der Waals surface area contributed by atoms with E-state index in [0.717, 1.165) is 5.56 Å². The number of hydrogen-bond acceptors (Lipinski definition) is 3. The van der Waals surface area contributed by atoms with Gasteiger partial charge in [-0.25, -0.2) is 0 Å². The second kappa shape index (κ2) is 8.52. The molecule has 0 saturated carbocycles. The first-order valence-electron chi connectivity index (χ1n) is 6.61. The Hall–Kier alpha value is -1.75. The molecule has 2 atom stereocenters. The van der Waals surface area contributed by atoms with Crippen LogP contribution in [0.5, 0.6) is 0 Å². The average molecular weight is 352 g/mol. The van der Waals surface area contributed by atoms with Crippen LogP contribution in [0.1, 0.15) is 18.9 Å². The van der Waals surface area contributed by atoms with Crippen molar-refractivity contribution in [2.75, 3.05) is 6.54 Å². The van der Waals surface area contributed by atoms with Crippen LogP contribution in [-0.4, -0.2) is 17.3 Å². The highest BCUT2D eigenvalue weighted by molar-refractivity contribution is 9.11. The van der Waals surface area contributed by atoms with E-state index in [9.17, 15) is 14.9 Å². The predicted octanol–water partition coefficient (Wildman–Crippen LogP) is 4.10. The lowest BCUT2D eigenvalue weighted by Crippen LogP contribution is -2.28. The fourth-order valence-corrected chi connectivity index (χ4v) is 2.90. The van der Waals surface area contributed by atoms with Gasteiger partial charge in [0, 0.05) is 15.3 Å². The molecule has 0 N–H and O–H groups in total. The standard InChI is InChI=1S/C16H18BrNO3/c1-3-7-14(12(2)19)15(11-18(20)21)16(17)10-13-8-5-4-6-9-13/h3-6,8-10,14-15H,1,7,11H2,2H3/b16-10-/t14-,15-/m1/s1. The van der Waals surface area contributed by atoms with Crippen LogP contribution in [-0.2, 0) is 4.79 Å². The minimum Gasteiger partial charge on any atom is -0.300 e. The zero-order valence-electron chi connectivity index (χ0n) is 11.9. The minimum absolute atomic E-state index is 0.0693. The van der Waals surface area contributed by atoms with Gasteiger partial charge in [0.1, 0.15) is 5.78 Å². The van der Waals surface area contributed by atoms with E-state index in [1.54, 1.807) is 6.08 Å². The minimum atomic E-state index is -0.490. The lowest BCUT2D eigenvalue weighted by atomic mass is 9.85. The summed E-state index contributed by atoms with van der Waals surface area (Å²) in [7, 11) is 0. The maximum absolute atomic E-state index is 11.8. The highest BCUT2D eigenvalue weighted by atomic mass is 79.9. The smallest absolute Gasteiger partial charge is 0.211 e. The molecule has 5 heteroatoms. The molecule has 0 saturated heterocycles. The van der Waals surface area contributed by atoms with Gasteiger partial charge < -0.3 is 0 Å². The molecule has 0 heterocycles. The predicted molar refractivity (Wildman–Crippen MR) is 87.7 cm³/mol. The topological polar surface area (TPSA) is 60.2 Å². The SMILES string of the molecule is C=CC[C@H](C(C)=O)[C@@H](C[N+](=O)[O-])/C(Br)=C/c1ccccc1. The van der Waals surface area contributed by atoms with Crippen LogP contribution in [0.15, 0.2) is 47.5 Å². The summed E-state index contributed by atoms with van der Waals surface area (Å²) in [6.07, 6.45) is 3.88. The van der Waals surface area contributed by atoms with Gasteiger partial charge in [-0.2, -0.15) is 0 Å². The van der Waals surface area contributed by atoms with Crippen LogP contribution in [0.3, 0.4) is 0 Å². The summed E-state index contributed by atoms with van der Waals surface area (Å²) in [5.41, 5.74) is 0.929. The molecule has 0 aromatic heterocycles. The first-order valence-corrected chi connectivity index (χ1v) is 7.40. The Morgan fingerprint density at radius 2 is 2.00 bits per heavy atom. The quantitative estimate of drug-likeness (QED) is 0.402. The highest BCUT2D eigenvalue weighted by Gasteiger charge is 2.31. The lowest BCUT2D eigenvalue weighted by Gasteiger charge is -2.21. The van der Waals surface area contributed by atoms with Crippen molar-refractivity contribution in [2.24, 2.45) is 11.8 Å². The van der Waals surface area contributed by atoms with Crippen LogP contribution >= 0.6 is 15.9 Å². The second-order valence-corrected chi connectivity index (χ2v) is 5.72. The number of carbonyl (C=O) groups excluding carboxylic acids is 1. The number of carbonyl (C=O) groups is 1. The van der Waals surface area contributed by atoms with E-state index in [1.807, 2.05) is 36.4 Å². The summed E-state index contributed by atoms with van der Waals surface area (Å²) in [4.78, 5) is 22.3. The maximum atomic E-state index is 11.8. The van der Waals surface area contributed by atoms with Crippen molar-refractivity contribution >= 4 is 27.8 Å². The normalized spacial score (nSPS) is 14.3. The average Bonchev–Trinajstić information content (AvgIpc) is 2.43. The molecule has 1 aromatic carbocycles. The van der Waals surface area contributed by atoms with Gasteiger partial charge >= 0.3 is 0 Å². The van der Waals surface area contributed by atoms with Gasteiger partial charge in [-0.05, 0) is 25.0 Å². The monoisotopic (exact) mass is 351 g/mol.